The average molecular weight is 366 g/mol. The number of carbonyl (C=O) groups is 1. The van der Waals surface area contributed by atoms with Gasteiger partial charge in [0, 0.05) is 10.6 Å². The first-order chi connectivity index (χ1) is 11.3. The third-order valence-corrected chi connectivity index (χ3v) is 4.71. The zero-order chi connectivity index (χ0) is 17.9. The number of amides is 1. The molecule has 0 spiro atoms. The van der Waals surface area contributed by atoms with Gasteiger partial charge in [-0.3, -0.25) is 10.0 Å². The Morgan fingerprint density at radius 1 is 1.21 bits per heavy atom. The van der Waals surface area contributed by atoms with E-state index in [1.165, 1.54) is 5.56 Å². The number of halogens is 1. The molecule has 0 fully saturated rings. The lowest BCUT2D eigenvalue weighted by molar-refractivity contribution is 0.223. The molecule has 0 unspecified atom stereocenters. The van der Waals surface area contributed by atoms with Gasteiger partial charge in [0.25, 0.3) is 0 Å². The van der Waals surface area contributed by atoms with Crippen molar-refractivity contribution in [3.63, 3.8) is 0 Å². The summed E-state index contributed by atoms with van der Waals surface area (Å²) < 4.78 is 5.90. The molecule has 0 radical (unpaired) electrons. The van der Waals surface area contributed by atoms with Crippen molar-refractivity contribution in [1.29, 1.82) is 0 Å². The van der Waals surface area contributed by atoms with Crippen LogP contribution in [0.5, 0.6) is 5.75 Å². The topological polar surface area (TPSA) is 49.8 Å². The summed E-state index contributed by atoms with van der Waals surface area (Å²) in [6.07, 6.45) is 1.60. The summed E-state index contributed by atoms with van der Waals surface area (Å²) in [5, 5.41) is 10.6. The number of hydroxylamine groups is 1. The fourth-order valence-corrected chi connectivity index (χ4v) is 2.81. The highest BCUT2D eigenvalue weighted by Gasteiger charge is 2.18. The van der Waals surface area contributed by atoms with Crippen LogP contribution in [0.3, 0.4) is 0 Å². The molecule has 0 aliphatic rings. The fourth-order valence-electron chi connectivity index (χ4n) is 2.31. The first-order valence-electron chi connectivity index (χ1n) is 7.40. The molecule has 0 bridgehead atoms. The predicted octanol–water partition coefficient (Wildman–Crippen LogP) is 5.52. The number of carbonyl (C=O) groups excluding carboxylic acids is 1. The van der Waals surface area contributed by atoms with Gasteiger partial charge < -0.3 is 4.74 Å². The molecule has 2 aromatic carbocycles. The van der Waals surface area contributed by atoms with Crippen LogP contribution < -0.4 is 9.80 Å². The van der Waals surface area contributed by atoms with E-state index in [4.69, 9.17) is 16.3 Å². The van der Waals surface area contributed by atoms with Crippen molar-refractivity contribution in [2.75, 3.05) is 11.3 Å². The van der Waals surface area contributed by atoms with Crippen molar-refractivity contribution in [3.05, 3.63) is 57.6 Å². The normalized spacial score (nSPS) is 10.6. The number of hydrogen-bond acceptors (Lipinski definition) is 4. The highest BCUT2D eigenvalue weighted by molar-refractivity contribution is 8.13. The highest BCUT2D eigenvalue weighted by Crippen LogP contribution is 2.31. The molecule has 1 amide bonds. The summed E-state index contributed by atoms with van der Waals surface area (Å²) in [5.41, 5.74) is 4.24. The van der Waals surface area contributed by atoms with Crippen LogP contribution >= 0.6 is 23.4 Å². The van der Waals surface area contributed by atoms with Gasteiger partial charge in [-0.05, 0) is 61.9 Å². The maximum Gasteiger partial charge on any atom is 0.309 e. The first kappa shape index (κ1) is 18.6. The number of anilines is 1. The van der Waals surface area contributed by atoms with Gasteiger partial charge in [-0.15, -0.1) is 0 Å². The van der Waals surface area contributed by atoms with E-state index in [-0.39, 0.29) is 6.61 Å². The molecule has 4 nitrogen and oxygen atoms in total. The average Bonchev–Trinajstić information content (AvgIpc) is 2.56. The second-order valence-corrected chi connectivity index (χ2v) is 6.67. The van der Waals surface area contributed by atoms with Crippen LogP contribution in [0.4, 0.5) is 10.5 Å². The zero-order valence-electron chi connectivity index (χ0n) is 14.1. The Kier molecular flexibility index (Phi) is 6.15. The van der Waals surface area contributed by atoms with Gasteiger partial charge in [0.05, 0.1) is 5.69 Å². The van der Waals surface area contributed by atoms with Crippen molar-refractivity contribution in [3.8, 4) is 5.75 Å². The van der Waals surface area contributed by atoms with Crippen LogP contribution in [0.1, 0.15) is 22.3 Å². The molecular weight excluding hydrogens is 346 g/mol. The van der Waals surface area contributed by atoms with Crippen LogP contribution in [0.2, 0.25) is 5.02 Å². The summed E-state index contributed by atoms with van der Waals surface area (Å²) >= 11 is 7.16. The molecule has 2 rings (SSSR count). The molecule has 1 N–H and O–H groups in total. The number of ether oxygens (including phenoxy) is 1. The smallest absolute Gasteiger partial charge is 0.309 e. The number of nitrogens with zero attached hydrogens (tertiary/aromatic N) is 1. The molecule has 0 aliphatic carbocycles. The van der Waals surface area contributed by atoms with E-state index >= 15 is 0 Å². The van der Waals surface area contributed by atoms with Gasteiger partial charge >= 0.3 is 5.24 Å². The standard InChI is InChI=1S/C18H20ClNO3S/c1-11-8-13(3)17(9-12(11)2)23-10-14-15(19)6-5-7-16(14)20(22)18(21)24-4/h5-9,22H,10H2,1-4H3. The van der Waals surface area contributed by atoms with Crippen LogP contribution in [-0.4, -0.2) is 16.7 Å². The summed E-state index contributed by atoms with van der Waals surface area (Å²) in [7, 11) is 0. The van der Waals surface area contributed by atoms with Crippen molar-refractivity contribution in [1.82, 2.24) is 0 Å². The Labute approximate surface area is 151 Å². The molecule has 0 aliphatic heterocycles. The van der Waals surface area contributed by atoms with Gasteiger partial charge in [-0.25, -0.2) is 0 Å². The Balaban J connectivity index is 2.30. The van der Waals surface area contributed by atoms with Crippen LogP contribution in [-0.2, 0) is 6.61 Å². The minimum Gasteiger partial charge on any atom is -0.488 e. The molecule has 0 atom stereocenters. The lowest BCUT2D eigenvalue weighted by Crippen LogP contribution is -2.24. The van der Waals surface area contributed by atoms with Crippen molar-refractivity contribution in [2.24, 2.45) is 0 Å². The second-order valence-electron chi connectivity index (χ2n) is 5.51. The Morgan fingerprint density at radius 3 is 2.54 bits per heavy atom. The first-order valence-corrected chi connectivity index (χ1v) is 9.00. The second kappa shape index (κ2) is 7.92. The molecule has 0 heterocycles. The number of hydrogen-bond donors (Lipinski definition) is 1. The minimum absolute atomic E-state index is 0.150. The van der Waals surface area contributed by atoms with Crippen molar-refractivity contribution >= 4 is 34.3 Å². The van der Waals surface area contributed by atoms with E-state index in [2.05, 4.69) is 13.0 Å². The van der Waals surface area contributed by atoms with E-state index in [9.17, 15) is 10.0 Å². The van der Waals surface area contributed by atoms with E-state index in [0.717, 1.165) is 28.6 Å². The quantitative estimate of drug-likeness (QED) is 0.572. The fraction of sp³-hybridized carbons (Fsp3) is 0.278. The molecule has 24 heavy (non-hydrogen) atoms. The van der Waals surface area contributed by atoms with Gasteiger partial charge in [0.15, 0.2) is 0 Å². The largest absolute Gasteiger partial charge is 0.488 e. The monoisotopic (exact) mass is 365 g/mol. The van der Waals surface area contributed by atoms with Crippen LogP contribution in [0, 0.1) is 20.8 Å². The number of thioether (sulfide) groups is 1. The molecule has 0 saturated heterocycles. The zero-order valence-corrected chi connectivity index (χ0v) is 15.7. The highest BCUT2D eigenvalue weighted by atomic mass is 35.5. The summed E-state index contributed by atoms with van der Waals surface area (Å²) in [4.78, 5) is 11.7. The van der Waals surface area contributed by atoms with Crippen LogP contribution in [0.15, 0.2) is 30.3 Å². The third-order valence-electron chi connectivity index (χ3n) is 3.83. The number of aryl methyl sites for hydroxylation is 3. The molecular formula is C18H20ClNO3S. The van der Waals surface area contributed by atoms with Gasteiger partial charge in [0.2, 0.25) is 0 Å². The summed E-state index contributed by atoms with van der Waals surface area (Å²) in [6.45, 7) is 6.20. The number of benzene rings is 2. The minimum atomic E-state index is -0.485. The number of rotatable bonds is 4. The Hall–Kier alpha value is -1.69. The van der Waals surface area contributed by atoms with Gasteiger partial charge in [0.1, 0.15) is 12.4 Å². The SMILES string of the molecule is CSC(=O)N(O)c1cccc(Cl)c1COc1cc(C)c(C)cc1C. The molecule has 6 heteroatoms. The molecule has 128 valence electrons. The molecule has 2 aromatic rings. The maximum absolute atomic E-state index is 11.7. The Bertz CT molecular complexity index is 764. The van der Waals surface area contributed by atoms with Gasteiger partial charge in [-0.2, -0.15) is 5.06 Å². The lowest BCUT2D eigenvalue weighted by atomic mass is 10.1. The maximum atomic E-state index is 11.7. The molecule has 0 aromatic heterocycles. The van der Waals surface area contributed by atoms with E-state index in [1.807, 2.05) is 19.9 Å². The summed E-state index contributed by atoms with van der Waals surface area (Å²) in [6, 6.07) is 9.05. The van der Waals surface area contributed by atoms with Crippen LogP contribution in [0.25, 0.3) is 0 Å². The van der Waals surface area contributed by atoms with E-state index in [1.54, 1.807) is 24.5 Å². The third kappa shape index (κ3) is 4.04. The lowest BCUT2D eigenvalue weighted by Gasteiger charge is -2.19. The van der Waals surface area contributed by atoms with E-state index < -0.39 is 5.24 Å². The predicted molar refractivity (Wildman–Crippen MR) is 99.6 cm³/mol. The summed E-state index contributed by atoms with van der Waals surface area (Å²) in [5.74, 6) is 0.754. The Morgan fingerprint density at radius 2 is 1.88 bits per heavy atom. The van der Waals surface area contributed by atoms with E-state index in [0.29, 0.717) is 21.3 Å². The van der Waals surface area contributed by atoms with Gasteiger partial charge in [-0.1, -0.05) is 35.5 Å². The van der Waals surface area contributed by atoms with Crippen molar-refractivity contribution in [2.45, 2.75) is 27.4 Å². The molecule has 0 saturated carbocycles. The van der Waals surface area contributed by atoms with Crippen molar-refractivity contribution < 1.29 is 14.7 Å².